The number of anilines is 8. The molecule has 1 aliphatic carbocycles. The lowest BCUT2D eigenvalue weighted by Gasteiger charge is -2.27. The van der Waals surface area contributed by atoms with Crippen molar-refractivity contribution in [1.82, 2.24) is 0 Å². The molecule has 0 saturated carbocycles. The number of para-hydroxylation sites is 4. The van der Waals surface area contributed by atoms with Gasteiger partial charge in [-0.2, -0.15) is 0 Å². The van der Waals surface area contributed by atoms with E-state index in [0.717, 1.165) is 52.7 Å². The van der Waals surface area contributed by atoms with Gasteiger partial charge in [-0.25, -0.2) is 0 Å². The lowest BCUT2D eigenvalue weighted by Crippen LogP contribution is -2.16. The highest BCUT2D eigenvalue weighted by Crippen LogP contribution is 2.45. The second kappa shape index (κ2) is 17.7. The zero-order valence-corrected chi connectivity index (χ0v) is 37.2. The zero-order chi connectivity index (χ0) is 43.1. The fraction of sp³-hybridized carbons (Fsp3) is 0.0492. The molecule has 0 saturated heterocycles. The number of hydrogen-bond donors (Lipinski definition) is 0. The molecule has 9 aromatic carbocycles. The maximum Gasteiger partial charge on any atom is 0.0476 e. The number of fused-ring (bicyclic) bond motifs is 6. The second-order valence-corrected chi connectivity index (χ2v) is 18.6. The fourth-order valence-electron chi connectivity index (χ4n) is 9.33. The normalized spacial score (nSPS) is 12.3. The predicted octanol–water partition coefficient (Wildman–Crippen LogP) is 19.0. The Labute approximate surface area is 394 Å². The third kappa shape index (κ3) is 7.62. The first kappa shape index (κ1) is 41.0. The standard InChI is InChI=1S/C60H43N3S2.CH4/c1-6-16-44(17-7-1)61(45-18-8-2-9-19-45)49-29-26-42(27-30-49)43-28-36-57-55(38-43)53-34-31-51(40-59(53)64-57)63(48-24-14-5-15-25-48)52-32-35-54-56-39-50(33-37-58(56)65-60(54)41-52)62(46-20-10-3-11-21-46)47-22-12-4-13-23-47;/h1,3-8,10-41H,2,9H2;1H4. The highest BCUT2D eigenvalue weighted by Gasteiger charge is 2.19. The molecule has 0 radical (unpaired) electrons. The predicted molar refractivity (Wildman–Crippen MR) is 289 cm³/mol. The summed E-state index contributed by atoms with van der Waals surface area (Å²) < 4.78 is 5.11. The summed E-state index contributed by atoms with van der Waals surface area (Å²) in [6, 6.07) is 79.5. The Hall–Kier alpha value is -7.70. The molecule has 0 unspecified atom stereocenters. The summed E-state index contributed by atoms with van der Waals surface area (Å²) in [5.41, 5.74) is 12.8. The van der Waals surface area contributed by atoms with Crippen LogP contribution >= 0.6 is 22.7 Å². The van der Waals surface area contributed by atoms with E-state index in [1.54, 1.807) is 0 Å². The van der Waals surface area contributed by atoms with Crippen molar-refractivity contribution in [3.63, 3.8) is 0 Å². The third-order valence-electron chi connectivity index (χ3n) is 12.4. The molecule has 5 heteroatoms. The van der Waals surface area contributed by atoms with Crippen molar-refractivity contribution in [2.75, 3.05) is 14.7 Å². The van der Waals surface area contributed by atoms with Crippen LogP contribution in [0.2, 0.25) is 0 Å². The number of nitrogens with zero attached hydrogens (tertiary/aromatic N) is 3. The van der Waals surface area contributed by atoms with Gasteiger partial charge in [-0.05, 0) is 145 Å². The molecular weight excluding hydrogens is 839 g/mol. The Morgan fingerprint density at radius 3 is 1.23 bits per heavy atom. The van der Waals surface area contributed by atoms with Crippen LogP contribution in [0.4, 0.5) is 45.5 Å². The van der Waals surface area contributed by atoms with Gasteiger partial charge in [0.05, 0.1) is 0 Å². The molecule has 11 aromatic rings. The van der Waals surface area contributed by atoms with Gasteiger partial charge in [-0.3, -0.25) is 0 Å². The smallest absolute Gasteiger partial charge is 0.0476 e. The summed E-state index contributed by atoms with van der Waals surface area (Å²) in [5.74, 6) is 0. The maximum absolute atomic E-state index is 2.40. The Balaban J connectivity index is 0.00000481. The average Bonchev–Trinajstić information content (AvgIpc) is 3.93. The third-order valence-corrected chi connectivity index (χ3v) is 14.7. The van der Waals surface area contributed by atoms with Crippen LogP contribution in [0.15, 0.2) is 242 Å². The monoisotopic (exact) mass is 885 g/mol. The Bertz CT molecular complexity index is 3500. The summed E-state index contributed by atoms with van der Waals surface area (Å²) in [6.07, 6.45) is 9.01. The van der Waals surface area contributed by atoms with Gasteiger partial charge in [0.2, 0.25) is 0 Å². The molecule has 2 aromatic heterocycles. The Morgan fingerprint density at radius 2 is 0.712 bits per heavy atom. The van der Waals surface area contributed by atoms with E-state index in [1.165, 1.54) is 62.9 Å². The van der Waals surface area contributed by atoms with Gasteiger partial charge in [0.15, 0.2) is 0 Å². The topological polar surface area (TPSA) is 9.72 Å². The van der Waals surface area contributed by atoms with Crippen LogP contribution in [0.1, 0.15) is 20.3 Å². The van der Waals surface area contributed by atoms with E-state index in [4.69, 9.17) is 0 Å². The van der Waals surface area contributed by atoms with E-state index in [9.17, 15) is 0 Å². The van der Waals surface area contributed by atoms with Gasteiger partial charge in [-0.1, -0.05) is 123 Å². The van der Waals surface area contributed by atoms with Crippen LogP contribution in [0.3, 0.4) is 0 Å². The van der Waals surface area contributed by atoms with Crippen LogP contribution in [0.5, 0.6) is 0 Å². The minimum absolute atomic E-state index is 0. The number of rotatable bonds is 10. The van der Waals surface area contributed by atoms with Crippen LogP contribution in [-0.2, 0) is 0 Å². The Morgan fingerprint density at radius 1 is 0.303 bits per heavy atom. The fourth-order valence-corrected chi connectivity index (χ4v) is 11.6. The highest BCUT2D eigenvalue weighted by atomic mass is 32.1. The van der Waals surface area contributed by atoms with Crippen LogP contribution in [0, 0.1) is 0 Å². The second-order valence-electron chi connectivity index (χ2n) is 16.5. The van der Waals surface area contributed by atoms with Crippen LogP contribution in [0.25, 0.3) is 51.5 Å². The minimum Gasteiger partial charge on any atom is -0.311 e. The summed E-state index contributed by atoms with van der Waals surface area (Å²) in [5, 5.41) is 5.10. The van der Waals surface area contributed by atoms with Crippen molar-refractivity contribution >= 4 is 109 Å². The first-order valence-electron chi connectivity index (χ1n) is 22.2. The first-order chi connectivity index (χ1) is 32.2. The van der Waals surface area contributed by atoms with Crippen molar-refractivity contribution in [2.45, 2.75) is 20.3 Å². The quantitative estimate of drug-likeness (QED) is 0.135. The van der Waals surface area contributed by atoms with Crippen LogP contribution in [-0.4, -0.2) is 0 Å². The molecule has 0 N–H and O–H groups in total. The van der Waals surface area contributed by atoms with Crippen molar-refractivity contribution < 1.29 is 0 Å². The largest absolute Gasteiger partial charge is 0.311 e. The molecular formula is C61H47N3S2. The molecule has 1 aliphatic rings. The minimum atomic E-state index is 0. The van der Waals surface area contributed by atoms with E-state index in [0.29, 0.717) is 0 Å². The molecule has 0 amide bonds. The Kier molecular flexibility index (Phi) is 11.0. The molecule has 318 valence electrons. The summed E-state index contributed by atoms with van der Waals surface area (Å²) in [4.78, 5) is 7.09. The van der Waals surface area contributed by atoms with E-state index < -0.39 is 0 Å². The number of thiophene rings is 2. The molecule has 66 heavy (non-hydrogen) atoms. The number of allylic oxidation sites excluding steroid dienone is 3. The van der Waals surface area contributed by atoms with Crippen LogP contribution < -0.4 is 14.7 Å². The van der Waals surface area contributed by atoms with Gasteiger partial charge in [0.1, 0.15) is 0 Å². The molecule has 12 rings (SSSR count). The maximum atomic E-state index is 2.40. The zero-order valence-electron chi connectivity index (χ0n) is 35.6. The van der Waals surface area contributed by atoms with E-state index in [1.807, 2.05) is 22.7 Å². The average molecular weight is 886 g/mol. The van der Waals surface area contributed by atoms with Gasteiger partial charge < -0.3 is 14.7 Å². The SMILES string of the molecule is C.C1=CC(N(c2ccccc2)c2ccc(-c3ccc4sc5cc(N(c6ccccc6)c6ccc7c(c6)sc6ccc(N(c8ccccc8)c8ccccc8)cc67)ccc5c4c3)cc2)=CCC1. The van der Waals surface area contributed by atoms with Crippen molar-refractivity contribution in [2.24, 2.45) is 0 Å². The number of benzene rings is 9. The van der Waals surface area contributed by atoms with Gasteiger partial charge in [0, 0.05) is 91.5 Å². The van der Waals surface area contributed by atoms with Crippen molar-refractivity contribution in [3.05, 3.63) is 242 Å². The molecule has 0 fully saturated rings. The van der Waals surface area contributed by atoms with Crippen molar-refractivity contribution in [3.8, 4) is 11.1 Å². The van der Waals surface area contributed by atoms with Crippen molar-refractivity contribution in [1.29, 1.82) is 0 Å². The molecule has 3 nitrogen and oxygen atoms in total. The molecule has 0 bridgehead atoms. The molecule has 0 atom stereocenters. The van der Waals surface area contributed by atoms with Gasteiger partial charge >= 0.3 is 0 Å². The number of hydrogen-bond acceptors (Lipinski definition) is 5. The van der Waals surface area contributed by atoms with E-state index >= 15 is 0 Å². The first-order valence-corrected chi connectivity index (χ1v) is 23.9. The molecule has 2 heterocycles. The highest BCUT2D eigenvalue weighted by molar-refractivity contribution is 7.26. The summed E-state index contributed by atoms with van der Waals surface area (Å²) in [6.45, 7) is 0. The summed E-state index contributed by atoms with van der Waals surface area (Å²) >= 11 is 3.72. The van der Waals surface area contributed by atoms with E-state index in [-0.39, 0.29) is 7.43 Å². The lowest BCUT2D eigenvalue weighted by molar-refractivity contribution is 0.997. The van der Waals surface area contributed by atoms with Gasteiger partial charge in [-0.15, -0.1) is 22.7 Å². The molecule has 0 aliphatic heterocycles. The molecule has 0 spiro atoms. The van der Waals surface area contributed by atoms with Gasteiger partial charge in [0.25, 0.3) is 0 Å². The summed E-state index contributed by atoms with van der Waals surface area (Å²) in [7, 11) is 0. The van der Waals surface area contributed by atoms with E-state index in [2.05, 4.69) is 251 Å². The lowest BCUT2D eigenvalue weighted by atomic mass is 10.0.